The van der Waals surface area contributed by atoms with Crippen LogP contribution < -0.4 is 16.6 Å². The van der Waals surface area contributed by atoms with Crippen molar-refractivity contribution in [2.75, 3.05) is 13.2 Å². The summed E-state index contributed by atoms with van der Waals surface area (Å²) in [6.07, 6.45) is -16.4. The number of carbonyl (C=O) groups is 2. The van der Waals surface area contributed by atoms with Crippen LogP contribution in [0.1, 0.15) is 12.8 Å². The lowest BCUT2D eigenvalue weighted by Crippen LogP contribution is -2.66. The number of ether oxygens (including phenoxy) is 3. The zero-order chi connectivity index (χ0) is 23.3. The van der Waals surface area contributed by atoms with E-state index in [1.54, 1.807) is 0 Å². The van der Waals surface area contributed by atoms with Gasteiger partial charge in [-0.25, -0.2) is 5.84 Å². The Balaban J connectivity index is 2.03. The van der Waals surface area contributed by atoms with Crippen molar-refractivity contribution in [1.82, 2.24) is 10.7 Å². The van der Waals surface area contributed by atoms with Crippen LogP contribution in [0.15, 0.2) is 0 Å². The second-order valence-corrected chi connectivity index (χ2v) is 7.19. The molecule has 2 rings (SSSR count). The maximum Gasteiger partial charge on any atom is 0.234 e. The van der Waals surface area contributed by atoms with Crippen LogP contribution in [0.3, 0.4) is 0 Å². The normalized spacial score (nSPS) is 40.9. The molecule has 2 saturated heterocycles. The quantitative estimate of drug-likeness (QED) is 0.0929. The highest BCUT2D eigenvalue weighted by Crippen LogP contribution is 2.28. The first kappa shape index (κ1) is 25.8. The van der Waals surface area contributed by atoms with Gasteiger partial charge in [-0.05, 0) is 0 Å². The van der Waals surface area contributed by atoms with Crippen LogP contribution in [0.5, 0.6) is 0 Å². The number of nitrogens with two attached hydrogens (primary N) is 1. The van der Waals surface area contributed by atoms with Crippen LogP contribution in [-0.2, 0) is 23.8 Å². The van der Waals surface area contributed by atoms with Gasteiger partial charge < -0.3 is 55.3 Å². The third-order valence-corrected chi connectivity index (χ3v) is 5.05. The van der Waals surface area contributed by atoms with E-state index in [1.807, 2.05) is 5.43 Å². The van der Waals surface area contributed by atoms with Crippen molar-refractivity contribution in [2.45, 2.75) is 74.2 Å². The fraction of sp³-hybridized carbons (Fsp3) is 0.875. The Morgan fingerprint density at radius 3 is 2.00 bits per heavy atom. The number of aliphatic hydroxyl groups is 7. The number of carbonyl (C=O) groups excluding carboxylic acids is 2. The molecule has 15 nitrogen and oxygen atoms in total. The van der Waals surface area contributed by atoms with Gasteiger partial charge in [0.15, 0.2) is 12.5 Å². The summed E-state index contributed by atoms with van der Waals surface area (Å²) in [6, 6.07) is 0. The van der Waals surface area contributed by atoms with Crippen molar-refractivity contribution >= 4 is 11.8 Å². The number of hydrogen-bond acceptors (Lipinski definition) is 13. The summed E-state index contributed by atoms with van der Waals surface area (Å²) >= 11 is 0. The number of nitrogens with one attached hydrogen (secondary N) is 2. The Morgan fingerprint density at radius 2 is 1.42 bits per heavy atom. The fourth-order valence-corrected chi connectivity index (χ4v) is 3.24. The summed E-state index contributed by atoms with van der Waals surface area (Å²) < 4.78 is 16.0. The molecule has 2 heterocycles. The summed E-state index contributed by atoms with van der Waals surface area (Å²) in [6.45, 7) is -1.45. The maximum atomic E-state index is 11.9. The van der Waals surface area contributed by atoms with E-state index in [9.17, 15) is 45.3 Å². The lowest BCUT2D eigenvalue weighted by molar-refractivity contribution is -0.343. The maximum absolute atomic E-state index is 11.9. The lowest BCUT2D eigenvalue weighted by atomic mass is 9.96. The van der Waals surface area contributed by atoms with E-state index in [0.717, 1.165) is 0 Å². The molecular weight excluding hydrogens is 426 g/mol. The molecule has 0 saturated carbocycles. The first-order valence-electron chi connectivity index (χ1n) is 9.51. The van der Waals surface area contributed by atoms with Crippen molar-refractivity contribution in [3.8, 4) is 0 Å². The van der Waals surface area contributed by atoms with Crippen LogP contribution in [0.4, 0.5) is 0 Å². The third kappa shape index (κ3) is 6.05. The van der Waals surface area contributed by atoms with Crippen molar-refractivity contribution in [3.05, 3.63) is 0 Å². The zero-order valence-electron chi connectivity index (χ0n) is 16.4. The van der Waals surface area contributed by atoms with E-state index in [0.29, 0.717) is 0 Å². The predicted octanol–water partition coefficient (Wildman–Crippen LogP) is -6.50. The van der Waals surface area contributed by atoms with Crippen LogP contribution >= 0.6 is 0 Å². The summed E-state index contributed by atoms with van der Waals surface area (Å²) in [4.78, 5) is 23.0. The highest BCUT2D eigenvalue weighted by molar-refractivity contribution is 5.83. The summed E-state index contributed by atoms with van der Waals surface area (Å²) in [5.41, 5.74) is 1.85. The van der Waals surface area contributed by atoms with Gasteiger partial charge in [0.25, 0.3) is 0 Å². The molecule has 0 bridgehead atoms. The summed E-state index contributed by atoms with van der Waals surface area (Å²) in [7, 11) is 0. The van der Waals surface area contributed by atoms with Gasteiger partial charge in [-0.3, -0.25) is 15.0 Å². The minimum atomic E-state index is -1.78. The van der Waals surface area contributed by atoms with Gasteiger partial charge in [0.2, 0.25) is 11.8 Å². The molecule has 0 unspecified atom stereocenters. The molecule has 0 aromatic rings. The van der Waals surface area contributed by atoms with Crippen molar-refractivity contribution in [1.29, 1.82) is 0 Å². The Bertz CT molecular complexity index is 608. The van der Waals surface area contributed by atoms with E-state index in [4.69, 9.17) is 20.1 Å². The summed E-state index contributed by atoms with van der Waals surface area (Å²) in [5, 5.41) is 71.6. The molecule has 0 spiro atoms. The number of amides is 2. The van der Waals surface area contributed by atoms with Crippen LogP contribution in [0.2, 0.25) is 0 Å². The number of rotatable bonds is 8. The molecule has 0 aliphatic carbocycles. The third-order valence-electron chi connectivity index (χ3n) is 5.05. The molecule has 0 aromatic heterocycles. The minimum Gasteiger partial charge on any atom is -0.394 e. The van der Waals surface area contributed by atoms with Gasteiger partial charge >= 0.3 is 0 Å². The molecule has 2 amide bonds. The highest BCUT2D eigenvalue weighted by atomic mass is 16.7. The first-order valence-corrected chi connectivity index (χ1v) is 9.51. The topological polar surface area (TPSA) is 254 Å². The molecule has 0 radical (unpaired) electrons. The van der Waals surface area contributed by atoms with Crippen LogP contribution in [0, 0.1) is 0 Å². The molecule has 180 valence electrons. The minimum absolute atomic E-state index is 0.236. The van der Waals surface area contributed by atoms with E-state index in [2.05, 4.69) is 5.32 Å². The van der Waals surface area contributed by atoms with Gasteiger partial charge in [-0.1, -0.05) is 0 Å². The monoisotopic (exact) mass is 455 g/mol. The second kappa shape index (κ2) is 11.4. The van der Waals surface area contributed by atoms with E-state index < -0.39 is 86.4 Å². The van der Waals surface area contributed by atoms with Gasteiger partial charge in [0.1, 0.15) is 48.8 Å². The van der Waals surface area contributed by atoms with E-state index in [1.165, 1.54) is 0 Å². The largest absolute Gasteiger partial charge is 0.394 e. The van der Waals surface area contributed by atoms with Crippen molar-refractivity contribution in [3.63, 3.8) is 0 Å². The van der Waals surface area contributed by atoms with Gasteiger partial charge in [-0.2, -0.15) is 0 Å². The zero-order valence-corrected chi connectivity index (χ0v) is 16.4. The summed E-state index contributed by atoms with van der Waals surface area (Å²) in [5.74, 6) is 3.61. The van der Waals surface area contributed by atoms with Crippen LogP contribution in [0.25, 0.3) is 0 Å². The number of hydrazine groups is 1. The smallest absolute Gasteiger partial charge is 0.234 e. The molecule has 31 heavy (non-hydrogen) atoms. The van der Waals surface area contributed by atoms with E-state index in [-0.39, 0.29) is 12.8 Å². The molecule has 11 N–H and O–H groups in total. The second-order valence-electron chi connectivity index (χ2n) is 7.19. The molecule has 2 aliphatic rings. The lowest BCUT2D eigenvalue weighted by Gasteiger charge is -2.46. The van der Waals surface area contributed by atoms with Crippen molar-refractivity contribution < 1.29 is 59.5 Å². The highest BCUT2D eigenvalue weighted by Gasteiger charge is 2.50. The molecule has 2 aliphatic heterocycles. The average molecular weight is 455 g/mol. The molecular formula is C16H29N3O12. The molecule has 2 fully saturated rings. The first-order chi connectivity index (χ1) is 14.6. The van der Waals surface area contributed by atoms with E-state index >= 15 is 0 Å². The Labute approximate surface area is 176 Å². The van der Waals surface area contributed by atoms with Gasteiger partial charge in [0, 0.05) is 12.8 Å². The van der Waals surface area contributed by atoms with Crippen molar-refractivity contribution in [2.24, 2.45) is 5.84 Å². The average Bonchev–Trinajstić information content (AvgIpc) is 2.76. The van der Waals surface area contributed by atoms with Crippen LogP contribution in [-0.4, -0.2) is 122 Å². The Hall–Kier alpha value is -1.50. The Morgan fingerprint density at radius 1 is 0.806 bits per heavy atom. The molecule has 10 atom stereocenters. The predicted molar refractivity (Wildman–Crippen MR) is 96.1 cm³/mol. The Kier molecular flexibility index (Phi) is 9.46. The number of hydrogen-bond donors (Lipinski definition) is 10. The fourth-order valence-electron chi connectivity index (χ4n) is 3.24. The SMILES string of the molecule is NNC(=O)CCC(=O)N[C@@H]1O[C@H](CO)[C@@H](O[C@@H]2O[C@H](CO)[C@H](O)[C@H](O)[C@H]2O)[C@H](O)[C@H]1O. The standard InChI is InChI=1S/C16H29N3O12/c17-19-8(23)2-1-7(22)18-15-12(27)11(26)14(6(4-21)29-15)31-16-13(28)10(25)9(24)5(3-20)30-16/h5-6,9-16,20-21,24-28H,1-4,17H2,(H,18,22)(H,19,23)/t5-,6-,9+,10+,11-,12-,13-,14-,15-,16+/m1/s1. The number of aliphatic hydroxyl groups excluding tert-OH is 7. The van der Waals surface area contributed by atoms with Gasteiger partial charge in [-0.15, -0.1) is 0 Å². The molecule has 15 heteroatoms. The molecule has 0 aromatic carbocycles. The van der Waals surface area contributed by atoms with Gasteiger partial charge in [0.05, 0.1) is 13.2 Å².